The number of carbonyl (C=O) groups excluding carboxylic acids is 2. The molecule has 7 heteroatoms. The lowest BCUT2D eigenvalue weighted by Gasteiger charge is -2.43. The van der Waals surface area contributed by atoms with Crippen LogP contribution in [0.3, 0.4) is 0 Å². The van der Waals surface area contributed by atoms with Gasteiger partial charge in [-0.3, -0.25) is 9.59 Å². The lowest BCUT2D eigenvalue weighted by molar-refractivity contribution is -0.194. The number of rotatable bonds is 4. The molecule has 0 spiro atoms. The topological polar surface area (TPSA) is 79.3 Å². The summed E-state index contributed by atoms with van der Waals surface area (Å²) in [5.74, 6) is 2.07. The van der Waals surface area contributed by atoms with Crippen LogP contribution in [-0.4, -0.2) is 39.0 Å². The molecule has 0 aliphatic carbocycles. The number of benzene rings is 2. The Morgan fingerprint density at radius 1 is 1.13 bits per heavy atom. The molecule has 0 aromatic heterocycles. The average molecular weight is 422 g/mol. The Morgan fingerprint density at radius 2 is 1.77 bits per heavy atom. The standard InChI is InChI=1S/C24H26N2O5/c1-6-20(27)16-8-10-17(11-9-16)22(28)25(7-2)26(24(3,4)5)23(29)18-12-13-19-15-30-31-21(19)14-18/h1,8-14,20,27H,7,15H2,2-5H3. The van der Waals surface area contributed by atoms with Crippen LogP contribution >= 0.6 is 0 Å². The van der Waals surface area contributed by atoms with Crippen LogP contribution in [0.1, 0.15) is 65.6 Å². The van der Waals surface area contributed by atoms with E-state index in [0.717, 1.165) is 5.56 Å². The van der Waals surface area contributed by atoms with E-state index < -0.39 is 11.6 Å². The fourth-order valence-corrected chi connectivity index (χ4v) is 3.37. The number of nitrogens with zero attached hydrogens (tertiary/aromatic N) is 2. The molecule has 2 aromatic carbocycles. The van der Waals surface area contributed by atoms with Crippen molar-refractivity contribution in [3.63, 3.8) is 0 Å². The molecule has 1 atom stereocenters. The maximum Gasteiger partial charge on any atom is 0.273 e. The highest BCUT2D eigenvalue weighted by molar-refractivity contribution is 5.99. The second kappa shape index (κ2) is 8.80. The summed E-state index contributed by atoms with van der Waals surface area (Å²) in [5, 5.41) is 12.6. The van der Waals surface area contributed by atoms with E-state index in [4.69, 9.17) is 16.2 Å². The molecule has 7 nitrogen and oxygen atoms in total. The van der Waals surface area contributed by atoms with E-state index >= 15 is 0 Å². The number of hydrogen-bond acceptors (Lipinski definition) is 5. The molecule has 1 N–H and O–H groups in total. The molecule has 1 heterocycles. The van der Waals surface area contributed by atoms with Gasteiger partial charge in [-0.25, -0.2) is 10.0 Å². The summed E-state index contributed by atoms with van der Waals surface area (Å²) in [5.41, 5.74) is 1.46. The van der Waals surface area contributed by atoms with Crippen molar-refractivity contribution in [2.24, 2.45) is 0 Å². The number of hydrazine groups is 1. The van der Waals surface area contributed by atoms with E-state index in [1.54, 1.807) is 49.4 Å². The smallest absolute Gasteiger partial charge is 0.273 e. The second-order valence-corrected chi connectivity index (χ2v) is 8.17. The van der Waals surface area contributed by atoms with E-state index in [1.807, 2.05) is 20.8 Å². The molecule has 1 aliphatic rings. The number of hydrogen-bond donors (Lipinski definition) is 1. The first-order chi connectivity index (χ1) is 14.7. The van der Waals surface area contributed by atoms with Gasteiger partial charge < -0.3 is 9.99 Å². The predicted molar refractivity (Wildman–Crippen MR) is 115 cm³/mol. The first-order valence-electron chi connectivity index (χ1n) is 10.00. The Hall–Kier alpha value is -3.34. The van der Waals surface area contributed by atoms with Crippen molar-refractivity contribution in [2.75, 3.05) is 6.54 Å². The zero-order valence-corrected chi connectivity index (χ0v) is 18.1. The third-order valence-electron chi connectivity index (χ3n) is 4.91. The minimum atomic E-state index is -1.04. The van der Waals surface area contributed by atoms with Crippen LogP contribution in [0.15, 0.2) is 42.5 Å². The van der Waals surface area contributed by atoms with Gasteiger partial charge >= 0.3 is 0 Å². The van der Waals surface area contributed by atoms with Crippen molar-refractivity contribution >= 4 is 11.8 Å². The van der Waals surface area contributed by atoms with Gasteiger partial charge in [-0.05, 0) is 57.5 Å². The molecule has 31 heavy (non-hydrogen) atoms. The molecule has 0 bridgehead atoms. The monoisotopic (exact) mass is 422 g/mol. The summed E-state index contributed by atoms with van der Waals surface area (Å²) in [6.45, 7) is 8.00. The minimum absolute atomic E-state index is 0.279. The Labute approximate surface area is 182 Å². The largest absolute Gasteiger partial charge is 0.376 e. The first kappa shape index (κ1) is 22.3. The maximum absolute atomic E-state index is 13.5. The Balaban J connectivity index is 1.93. The number of fused-ring (bicyclic) bond motifs is 1. The molecule has 1 aliphatic heterocycles. The van der Waals surface area contributed by atoms with Gasteiger partial charge in [0.05, 0.1) is 5.54 Å². The Bertz CT molecular complexity index is 1020. The molecule has 1 unspecified atom stereocenters. The second-order valence-electron chi connectivity index (χ2n) is 8.17. The van der Waals surface area contributed by atoms with Gasteiger partial charge in [0.25, 0.3) is 11.8 Å². The molecular weight excluding hydrogens is 396 g/mol. The zero-order valence-electron chi connectivity index (χ0n) is 18.1. The summed E-state index contributed by atoms with van der Waals surface area (Å²) >= 11 is 0. The van der Waals surface area contributed by atoms with Crippen LogP contribution in [0.2, 0.25) is 0 Å². The summed E-state index contributed by atoms with van der Waals surface area (Å²) in [6, 6.07) is 11.5. The fraction of sp³-hybridized carbons (Fsp3) is 0.333. The van der Waals surface area contributed by atoms with Gasteiger partial charge in [0.2, 0.25) is 0 Å². The van der Waals surface area contributed by atoms with Gasteiger partial charge in [-0.15, -0.1) is 6.42 Å². The lowest BCUT2D eigenvalue weighted by Crippen LogP contribution is -2.58. The van der Waals surface area contributed by atoms with Crippen LogP contribution in [0.4, 0.5) is 0 Å². The Kier molecular flexibility index (Phi) is 6.34. The van der Waals surface area contributed by atoms with E-state index in [1.165, 1.54) is 10.0 Å². The Morgan fingerprint density at radius 3 is 2.35 bits per heavy atom. The highest BCUT2D eigenvalue weighted by atomic mass is 17.2. The van der Waals surface area contributed by atoms with Crippen molar-refractivity contribution in [1.82, 2.24) is 10.0 Å². The molecule has 0 radical (unpaired) electrons. The average Bonchev–Trinajstić information content (AvgIpc) is 3.23. The summed E-state index contributed by atoms with van der Waals surface area (Å²) in [7, 11) is 0. The number of amides is 2. The van der Waals surface area contributed by atoms with Gasteiger partial charge in [-0.1, -0.05) is 24.1 Å². The minimum Gasteiger partial charge on any atom is -0.376 e. The lowest BCUT2D eigenvalue weighted by atomic mass is 10.0. The zero-order chi connectivity index (χ0) is 22.8. The fourth-order valence-electron chi connectivity index (χ4n) is 3.37. The van der Waals surface area contributed by atoms with Crippen LogP contribution < -0.4 is 4.89 Å². The van der Waals surface area contributed by atoms with Crippen molar-refractivity contribution < 1.29 is 24.5 Å². The van der Waals surface area contributed by atoms with Crippen molar-refractivity contribution in [2.45, 2.75) is 45.9 Å². The van der Waals surface area contributed by atoms with Crippen molar-refractivity contribution in [3.05, 3.63) is 64.7 Å². The van der Waals surface area contributed by atoms with Crippen molar-refractivity contribution in [3.8, 4) is 18.1 Å². The van der Waals surface area contributed by atoms with Crippen LogP contribution in [0.25, 0.3) is 0 Å². The summed E-state index contributed by atoms with van der Waals surface area (Å²) in [4.78, 5) is 36.9. The van der Waals surface area contributed by atoms with Gasteiger partial charge in [0.15, 0.2) is 5.75 Å². The number of terminal acetylenes is 1. The number of aliphatic hydroxyl groups is 1. The third-order valence-corrected chi connectivity index (χ3v) is 4.91. The number of aliphatic hydroxyl groups excluding tert-OH is 1. The van der Waals surface area contributed by atoms with Crippen LogP contribution in [-0.2, 0) is 11.5 Å². The van der Waals surface area contributed by atoms with E-state index in [0.29, 0.717) is 29.0 Å². The molecule has 0 saturated carbocycles. The van der Waals surface area contributed by atoms with Crippen LogP contribution in [0.5, 0.6) is 5.75 Å². The molecule has 162 valence electrons. The van der Waals surface area contributed by atoms with Gasteiger partial charge in [0.1, 0.15) is 12.7 Å². The number of carbonyl (C=O) groups is 2. The summed E-state index contributed by atoms with van der Waals surface area (Å²) in [6.07, 6.45) is 4.21. The predicted octanol–water partition coefficient (Wildman–Crippen LogP) is 3.50. The quantitative estimate of drug-likeness (QED) is 0.464. The van der Waals surface area contributed by atoms with E-state index in [2.05, 4.69) is 5.92 Å². The van der Waals surface area contributed by atoms with Crippen LogP contribution in [0, 0.1) is 12.3 Å². The molecule has 3 rings (SSSR count). The third kappa shape index (κ3) is 4.55. The SMILES string of the molecule is C#CC(O)c1ccc(C(=O)N(CC)N(C(=O)c2ccc3c(c2)OOC3)C(C)(C)C)cc1. The van der Waals surface area contributed by atoms with Gasteiger partial charge in [0, 0.05) is 23.2 Å². The highest BCUT2D eigenvalue weighted by Crippen LogP contribution is 2.29. The van der Waals surface area contributed by atoms with Crippen molar-refractivity contribution in [1.29, 1.82) is 0 Å². The molecule has 2 amide bonds. The van der Waals surface area contributed by atoms with Gasteiger partial charge in [-0.2, -0.15) is 4.89 Å². The normalized spacial score (nSPS) is 13.5. The van der Waals surface area contributed by atoms with E-state index in [9.17, 15) is 14.7 Å². The molecular formula is C24H26N2O5. The molecule has 0 fully saturated rings. The highest BCUT2D eigenvalue weighted by Gasteiger charge is 2.36. The first-order valence-corrected chi connectivity index (χ1v) is 10.00. The maximum atomic E-state index is 13.5. The summed E-state index contributed by atoms with van der Waals surface area (Å²) < 4.78 is 0. The molecule has 0 saturated heterocycles. The molecule has 2 aromatic rings. The van der Waals surface area contributed by atoms with E-state index in [-0.39, 0.29) is 18.4 Å².